The smallest absolute Gasteiger partial charge is 0.433 e. The summed E-state index contributed by atoms with van der Waals surface area (Å²) in [6, 6.07) is 2.59. The van der Waals surface area contributed by atoms with Crippen LogP contribution in [-0.4, -0.2) is 23.8 Å². The van der Waals surface area contributed by atoms with Crippen molar-refractivity contribution in [3.8, 4) is 0 Å². The van der Waals surface area contributed by atoms with Gasteiger partial charge in [-0.15, -0.1) is 0 Å². The number of hydrogen-bond acceptors (Lipinski definition) is 6. The molecule has 0 fully saturated rings. The largest absolute Gasteiger partial charge is 0.452 e. The van der Waals surface area contributed by atoms with Gasteiger partial charge in [0.1, 0.15) is 10.6 Å². The summed E-state index contributed by atoms with van der Waals surface area (Å²) in [4.78, 5) is 20.4. The van der Waals surface area contributed by atoms with E-state index in [2.05, 4.69) is 15.3 Å². The van der Waals surface area contributed by atoms with Gasteiger partial charge in [0.25, 0.3) is 0 Å². The molecule has 1 N–H and O–H groups in total. The molecule has 0 saturated heterocycles. The summed E-state index contributed by atoms with van der Waals surface area (Å²) in [6.07, 6.45) is -0.736. The van der Waals surface area contributed by atoms with E-state index < -0.39 is 11.0 Å². The Hall–Kier alpha value is -2.38. The van der Waals surface area contributed by atoms with Crippen molar-refractivity contribution in [1.29, 1.82) is 0 Å². The number of hydrogen-bond donors (Lipinski definition) is 1. The molecule has 0 aliphatic rings. The minimum atomic E-state index is -0.736. The van der Waals surface area contributed by atoms with Gasteiger partial charge >= 0.3 is 12.0 Å². The number of methoxy groups -OCH3 is 1. The van der Waals surface area contributed by atoms with Gasteiger partial charge in [-0.3, -0.25) is 10.1 Å². The SMILES string of the molecule is COC(=O)N/N=C(\C)c1ccc([N+](=O)[O-])o1. The average molecular weight is 227 g/mol. The summed E-state index contributed by atoms with van der Waals surface area (Å²) < 4.78 is 9.13. The van der Waals surface area contributed by atoms with Gasteiger partial charge in [-0.1, -0.05) is 0 Å². The summed E-state index contributed by atoms with van der Waals surface area (Å²) in [5.74, 6) is -0.189. The van der Waals surface area contributed by atoms with Gasteiger partial charge in [-0.05, 0) is 13.0 Å². The topological polar surface area (TPSA) is 107 Å². The maximum atomic E-state index is 10.7. The van der Waals surface area contributed by atoms with Crippen LogP contribution in [0.3, 0.4) is 0 Å². The van der Waals surface area contributed by atoms with E-state index >= 15 is 0 Å². The summed E-state index contributed by atoms with van der Waals surface area (Å²) in [6.45, 7) is 1.53. The zero-order valence-electron chi connectivity index (χ0n) is 8.59. The molecule has 86 valence electrons. The van der Waals surface area contributed by atoms with Crippen molar-refractivity contribution in [2.45, 2.75) is 6.92 Å². The Morgan fingerprint density at radius 3 is 2.81 bits per heavy atom. The molecule has 8 nitrogen and oxygen atoms in total. The lowest BCUT2D eigenvalue weighted by Gasteiger charge is -1.97. The molecule has 0 aromatic carbocycles. The number of ether oxygens (including phenoxy) is 1. The molecule has 0 atom stereocenters. The zero-order valence-corrected chi connectivity index (χ0v) is 8.59. The van der Waals surface area contributed by atoms with Crippen molar-refractivity contribution >= 4 is 17.7 Å². The van der Waals surface area contributed by atoms with Crippen LogP contribution in [0.2, 0.25) is 0 Å². The number of carbonyl (C=O) groups excluding carboxylic acids is 1. The lowest BCUT2D eigenvalue weighted by molar-refractivity contribution is -0.402. The molecule has 8 heteroatoms. The molecule has 1 amide bonds. The normalized spacial score (nSPS) is 11.0. The van der Waals surface area contributed by atoms with Crippen LogP contribution in [-0.2, 0) is 4.74 Å². The maximum absolute atomic E-state index is 10.7. The Labute approximate surface area is 90.0 Å². The van der Waals surface area contributed by atoms with Crippen molar-refractivity contribution < 1.29 is 18.9 Å². The van der Waals surface area contributed by atoms with Gasteiger partial charge in [-0.25, -0.2) is 10.2 Å². The Morgan fingerprint density at radius 2 is 2.31 bits per heavy atom. The fourth-order valence-corrected chi connectivity index (χ4v) is 0.850. The third kappa shape index (κ3) is 2.80. The number of carbonyl (C=O) groups is 1. The van der Waals surface area contributed by atoms with Crippen LogP contribution in [0, 0.1) is 10.1 Å². The highest BCUT2D eigenvalue weighted by atomic mass is 16.6. The van der Waals surface area contributed by atoms with E-state index in [0.29, 0.717) is 5.71 Å². The monoisotopic (exact) mass is 227 g/mol. The number of nitro groups is 1. The second-order valence-electron chi connectivity index (χ2n) is 2.70. The third-order valence-corrected chi connectivity index (χ3v) is 1.63. The van der Waals surface area contributed by atoms with Crippen LogP contribution in [0.25, 0.3) is 0 Å². The predicted octanol–water partition coefficient (Wildman–Crippen LogP) is 1.27. The van der Waals surface area contributed by atoms with E-state index in [-0.39, 0.29) is 11.6 Å². The first-order valence-corrected chi connectivity index (χ1v) is 4.17. The van der Waals surface area contributed by atoms with Crippen LogP contribution >= 0.6 is 0 Å². The molecule has 0 radical (unpaired) electrons. The average Bonchev–Trinajstić information content (AvgIpc) is 2.74. The summed E-state index contributed by atoms with van der Waals surface area (Å²) in [5.41, 5.74) is 2.36. The van der Waals surface area contributed by atoms with E-state index in [4.69, 9.17) is 4.42 Å². The molecular weight excluding hydrogens is 218 g/mol. The van der Waals surface area contributed by atoms with E-state index in [9.17, 15) is 14.9 Å². The van der Waals surface area contributed by atoms with Crippen LogP contribution in [0.15, 0.2) is 21.7 Å². The van der Waals surface area contributed by atoms with Crippen molar-refractivity contribution in [2.24, 2.45) is 5.10 Å². The Morgan fingerprint density at radius 1 is 1.62 bits per heavy atom. The second-order valence-corrected chi connectivity index (χ2v) is 2.70. The predicted molar refractivity (Wildman–Crippen MR) is 53.1 cm³/mol. The standard InChI is InChI=1S/C8H9N3O5/c1-5(9-10-8(12)15-2)6-3-4-7(16-6)11(13)14/h3-4H,1-2H3,(H,10,12)/b9-5+. The molecule has 0 bridgehead atoms. The molecule has 16 heavy (non-hydrogen) atoms. The molecule has 1 aromatic rings. The minimum Gasteiger partial charge on any atom is -0.452 e. The van der Waals surface area contributed by atoms with Gasteiger partial charge in [0.2, 0.25) is 0 Å². The highest BCUT2D eigenvalue weighted by molar-refractivity contribution is 5.96. The molecule has 1 rings (SSSR count). The number of furan rings is 1. The number of hydrazone groups is 1. The first kappa shape index (κ1) is 11.7. The van der Waals surface area contributed by atoms with Crippen LogP contribution in [0.5, 0.6) is 0 Å². The Balaban J connectivity index is 2.75. The second kappa shape index (κ2) is 4.91. The van der Waals surface area contributed by atoms with Gasteiger partial charge in [0.05, 0.1) is 13.2 Å². The number of rotatable bonds is 3. The van der Waals surface area contributed by atoms with Gasteiger partial charge in [0, 0.05) is 0 Å². The molecular formula is C8H9N3O5. The van der Waals surface area contributed by atoms with E-state index in [1.54, 1.807) is 0 Å². The fourth-order valence-electron chi connectivity index (χ4n) is 0.850. The molecule has 0 aliphatic carbocycles. The minimum absolute atomic E-state index is 0.197. The van der Waals surface area contributed by atoms with Crippen LogP contribution in [0.4, 0.5) is 10.7 Å². The lowest BCUT2D eigenvalue weighted by Crippen LogP contribution is -2.18. The quantitative estimate of drug-likeness (QED) is 0.475. The van der Waals surface area contributed by atoms with Crippen molar-refractivity contribution in [1.82, 2.24) is 5.43 Å². The number of nitrogens with zero attached hydrogens (tertiary/aromatic N) is 2. The van der Waals surface area contributed by atoms with Gasteiger partial charge in [0.15, 0.2) is 5.76 Å². The summed E-state index contributed by atoms with van der Waals surface area (Å²) >= 11 is 0. The van der Waals surface area contributed by atoms with E-state index in [0.717, 1.165) is 0 Å². The fraction of sp³-hybridized carbons (Fsp3) is 0.250. The molecule has 0 spiro atoms. The van der Waals surface area contributed by atoms with Crippen molar-refractivity contribution in [2.75, 3.05) is 7.11 Å². The molecule has 1 heterocycles. The maximum Gasteiger partial charge on any atom is 0.433 e. The lowest BCUT2D eigenvalue weighted by atomic mass is 10.3. The highest BCUT2D eigenvalue weighted by Gasteiger charge is 2.13. The Bertz CT molecular complexity index is 437. The Kier molecular flexibility index (Phi) is 3.59. The van der Waals surface area contributed by atoms with Crippen molar-refractivity contribution in [3.63, 3.8) is 0 Å². The zero-order chi connectivity index (χ0) is 12.1. The molecule has 0 aliphatic heterocycles. The highest BCUT2D eigenvalue weighted by Crippen LogP contribution is 2.15. The molecule has 1 aromatic heterocycles. The van der Waals surface area contributed by atoms with E-state index in [1.165, 1.54) is 26.2 Å². The molecule has 0 saturated carbocycles. The third-order valence-electron chi connectivity index (χ3n) is 1.63. The van der Waals surface area contributed by atoms with Gasteiger partial charge < -0.3 is 9.15 Å². The summed E-state index contributed by atoms with van der Waals surface area (Å²) in [5, 5.41) is 13.9. The molecule has 0 unspecified atom stereocenters. The van der Waals surface area contributed by atoms with E-state index in [1.807, 2.05) is 0 Å². The van der Waals surface area contributed by atoms with Crippen LogP contribution < -0.4 is 5.43 Å². The first-order valence-electron chi connectivity index (χ1n) is 4.17. The number of nitrogens with one attached hydrogen (secondary N) is 1. The first-order chi connectivity index (χ1) is 7.54. The van der Waals surface area contributed by atoms with Crippen LogP contribution in [0.1, 0.15) is 12.7 Å². The van der Waals surface area contributed by atoms with Crippen molar-refractivity contribution in [3.05, 3.63) is 28.0 Å². The summed E-state index contributed by atoms with van der Waals surface area (Å²) in [7, 11) is 1.19. The van der Waals surface area contributed by atoms with Gasteiger partial charge in [-0.2, -0.15) is 5.10 Å². The number of amides is 1.